The van der Waals surface area contributed by atoms with Crippen molar-refractivity contribution in [3.63, 3.8) is 0 Å². The van der Waals surface area contributed by atoms with Crippen molar-refractivity contribution in [1.82, 2.24) is 15.1 Å². The fourth-order valence-electron chi connectivity index (χ4n) is 4.19. The van der Waals surface area contributed by atoms with E-state index in [1.807, 2.05) is 12.1 Å². The molecule has 3 aliphatic rings. The van der Waals surface area contributed by atoms with E-state index in [2.05, 4.69) is 10.2 Å². The molecule has 0 aromatic heterocycles. The molecule has 3 N–H and O–H groups in total. The molecule has 1 saturated heterocycles. The van der Waals surface area contributed by atoms with Gasteiger partial charge >= 0.3 is 0 Å². The second kappa shape index (κ2) is 8.17. The van der Waals surface area contributed by atoms with Gasteiger partial charge in [-0.3, -0.25) is 14.5 Å². The van der Waals surface area contributed by atoms with E-state index in [-0.39, 0.29) is 29.6 Å². The number of hydrogen-bond acceptors (Lipinski definition) is 4. The Kier molecular flexibility index (Phi) is 5.64. The quantitative estimate of drug-likeness (QED) is 0.703. The topological polar surface area (TPSA) is 78.7 Å². The summed E-state index contributed by atoms with van der Waals surface area (Å²) in [6, 6.07) is 6.82. The number of hydrogen-bond donors (Lipinski definition) is 2. The predicted octanol–water partition coefficient (Wildman–Crippen LogP) is 1.24. The van der Waals surface area contributed by atoms with Gasteiger partial charge in [-0.1, -0.05) is 12.1 Å². The van der Waals surface area contributed by atoms with Crippen LogP contribution in [0.5, 0.6) is 0 Å². The number of carbonyl (C=O) groups is 2. The number of nitrogens with one attached hydrogen (secondary N) is 1. The van der Waals surface area contributed by atoms with Crippen LogP contribution in [-0.4, -0.2) is 59.4 Å². The fraction of sp³-hybridized carbons (Fsp3) is 0.619. The Morgan fingerprint density at radius 2 is 1.86 bits per heavy atom. The molecule has 3 fully saturated rings. The van der Waals surface area contributed by atoms with E-state index in [0.717, 1.165) is 37.8 Å². The highest BCUT2D eigenvalue weighted by Gasteiger charge is 2.47. The van der Waals surface area contributed by atoms with E-state index in [4.69, 9.17) is 5.73 Å². The van der Waals surface area contributed by atoms with Crippen LogP contribution in [0.2, 0.25) is 0 Å². The molecule has 7 heteroatoms. The van der Waals surface area contributed by atoms with Gasteiger partial charge in [-0.25, -0.2) is 4.39 Å². The lowest BCUT2D eigenvalue weighted by Crippen LogP contribution is -2.47. The smallest absolute Gasteiger partial charge is 0.242 e. The molecule has 2 aliphatic carbocycles. The normalized spacial score (nSPS) is 24.6. The number of likely N-dealkylation sites (tertiary alicyclic amines) is 1. The molecule has 1 aromatic carbocycles. The number of halogens is 1. The van der Waals surface area contributed by atoms with Gasteiger partial charge in [0.1, 0.15) is 11.9 Å². The molecule has 0 radical (unpaired) electrons. The maximum absolute atomic E-state index is 13.2. The monoisotopic (exact) mass is 388 g/mol. The molecule has 6 nitrogen and oxygen atoms in total. The minimum atomic E-state index is -0.417. The van der Waals surface area contributed by atoms with Crippen molar-refractivity contribution >= 4 is 11.8 Å². The van der Waals surface area contributed by atoms with Crippen LogP contribution in [0.15, 0.2) is 24.3 Å². The lowest BCUT2D eigenvalue weighted by Gasteiger charge is -2.29. The Morgan fingerprint density at radius 3 is 2.46 bits per heavy atom. The van der Waals surface area contributed by atoms with Gasteiger partial charge in [0.25, 0.3) is 0 Å². The highest BCUT2D eigenvalue weighted by Crippen LogP contribution is 2.38. The van der Waals surface area contributed by atoms with Crippen LogP contribution in [0.3, 0.4) is 0 Å². The Morgan fingerprint density at radius 1 is 1.14 bits per heavy atom. The lowest BCUT2D eigenvalue weighted by molar-refractivity contribution is -0.139. The van der Waals surface area contributed by atoms with Gasteiger partial charge < -0.3 is 16.0 Å². The average molecular weight is 388 g/mol. The first-order valence-corrected chi connectivity index (χ1v) is 10.3. The van der Waals surface area contributed by atoms with Crippen molar-refractivity contribution < 1.29 is 14.0 Å². The van der Waals surface area contributed by atoms with Gasteiger partial charge in [0.15, 0.2) is 0 Å². The Hall–Kier alpha value is -1.99. The van der Waals surface area contributed by atoms with Gasteiger partial charge in [0, 0.05) is 44.2 Å². The van der Waals surface area contributed by atoms with Crippen LogP contribution in [-0.2, 0) is 16.1 Å². The second-order valence-corrected chi connectivity index (χ2v) is 8.28. The molecular weight excluding hydrogens is 359 g/mol. The summed E-state index contributed by atoms with van der Waals surface area (Å²) in [5, 5.41) is 2.86. The molecule has 2 saturated carbocycles. The van der Waals surface area contributed by atoms with Gasteiger partial charge in [-0.15, -0.1) is 0 Å². The molecule has 0 spiro atoms. The minimum Gasteiger partial charge on any atom is -0.353 e. The van der Waals surface area contributed by atoms with E-state index in [0.29, 0.717) is 32.1 Å². The van der Waals surface area contributed by atoms with Crippen molar-refractivity contribution in [2.45, 2.75) is 56.8 Å². The van der Waals surface area contributed by atoms with E-state index >= 15 is 0 Å². The van der Waals surface area contributed by atoms with Crippen molar-refractivity contribution in [2.75, 3.05) is 19.6 Å². The molecular formula is C21H29FN4O2. The molecule has 1 aromatic rings. The zero-order chi connectivity index (χ0) is 19.7. The van der Waals surface area contributed by atoms with Gasteiger partial charge in [0.2, 0.25) is 11.8 Å². The molecule has 1 heterocycles. The highest BCUT2D eigenvalue weighted by atomic mass is 19.1. The number of benzene rings is 1. The van der Waals surface area contributed by atoms with Crippen molar-refractivity contribution in [2.24, 2.45) is 11.7 Å². The van der Waals surface area contributed by atoms with E-state index < -0.39 is 6.04 Å². The van der Waals surface area contributed by atoms with E-state index in [1.165, 1.54) is 12.1 Å². The Balaban J connectivity index is 1.49. The molecule has 152 valence electrons. The summed E-state index contributed by atoms with van der Waals surface area (Å²) in [6.07, 6.45) is 4.78. The number of nitrogens with zero attached hydrogens (tertiary/aromatic N) is 2. The minimum absolute atomic E-state index is 0.0926. The van der Waals surface area contributed by atoms with Gasteiger partial charge in [-0.2, -0.15) is 0 Å². The third kappa shape index (κ3) is 4.36. The third-order valence-corrected chi connectivity index (χ3v) is 6.00. The molecule has 0 bridgehead atoms. The third-order valence-electron chi connectivity index (χ3n) is 6.00. The first kappa shape index (κ1) is 19.3. The SMILES string of the molecule is NCCNC(=O)C1CC(N(Cc2ccc(F)cc2)C2CC2)CN1C(=O)C1CC1. The maximum atomic E-state index is 13.2. The van der Waals surface area contributed by atoms with Crippen LogP contribution >= 0.6 is 0 Å². The fourth-order valence-corrected chi connectivity index (χ4v) is 4.19. The summed E-state index contributed by atoms with van der Waals surface area (Å²) in [5.74, 6) is -0.122. The predicted molar refractivity (Wildman–Crippen MR) is 104 cm³/mol. The van der Waals surface area contributed by atoms with Crippen molar-refractivity contribution in [3.05, 3.63) is 35.6 Å². The summed E-state index contributed by atoms with van der Waals surface area (Å²) >= 11 is 0. The molecule has 4 rings (SSSR count). The molecule has 28 heavy (non-hydrogen) atoms. The number of carbonyl (C=O) groups excluding carboxylic acids is 2. The summed E-state index contributed by atoms with van der Waals surface area (Å²) in [7, 11) is 0. The summed E-state index contributed by atoms with van der Waals surface area (Å²) in [5.41, 5.74) is 6.58. The second-order valence-electron chi connectivity index (χ2n) is 8.28. The standard InChI is InChI=1S/C21H29FN4O2/c22-16-5-1-14(2-6-16)12-25(17-7-8-17)18-11-19(20(27)24-10-9-23)26(13-18)21(28)15-3-4-15/h1-2,5-6,15,17-19H,3-4,7-13,23H2,(H,24,27). The number of nitrogens with two attached hydrogens (primary N) is 1. The van der Waals surface area contributed by atoms with Gasteiger partial charge in [0.05, 0.1) is 0 Å². The van der Waals surface area contributed by atoms with Crippen LogP contribution in [0.25, 0.3) is 0 Å². The van der Waals surface area contributed by atoms with E-state index in [1.54, 1.807) is 4.90 Å². The van der Waals surface area contributed by atoms with Crippen molar-refractivity contribution in [1.29, 1.82) is 0 Å². The highest BCUT2D eigenvalue weighted by molar-refractivity contribution is 5.90. The van der Waals surface area contributed by atoms with Crippen LogP contribution in [0.4, 0.5) is 4.39 Å². The maximum Gasteiger partial charge on any atom is 0.242 e. The number of rotatable bonds is 8. The molecule has 2 amide bonds. The zero-order valence-corrected chi connectivity index (χ0v) is 16.1. The lowest BCUT2D eigenvalue weighted by atomic mass is 10.1. The van der Waals surface area contributed by atoms with Gasteiger partial charge in [-0.05, 0) is 49.8 Å². The summed E-state index contributed by atoms with van der Waals surface area (Å²) < 4.78 is 13.2. The molecule has 2 atom stereocenters. The average Bonchev–Trinajstić information content (AvgIpc) is 3.61. The van der Waals surface area contributed by atoms with Crippen LogP contribution in [0.1, 0.15) is 37.7 Å². The number of amides is 2. The first-order valence-electron chi connectivity index (χ1n) is 10.3. The van der Waals surface area contributed by atoms with Crippen LogP contribution < -0.4 is 11.1 Å². The van der Waals surface area contributed by atoms with E-state index in [9.17, 15) is 14.0 Å². The Labute approximate surface area is 165 Å². The van der Waals surface area contributed by atoms with Crippen molar-refractivity contribution in [3.8, 4) is 0 Å². The molecule has 1 aliphatic heterocycles. The zero-order valence-electron chi connectivity index (χ0n) is 16.1. The molecule has 2 unspecified atom stereocenters. The summed E-state index contributed by atoms with van der Waals surface area (Å²) in [4.78, 5) is 29.7. The van der Waals surface area contributed by atoms with Crippen LogP contribution in [0, 0.1) is 11.7 Å². The summed E-state index contributed by atoms with van der Waals surface area (Å²) in [6.45, 7) is 2.12. The first-order chi connectivity index (χ1) is 13.6. The largest absolute Gasteiger partial charge is 0.353 e. The Bertz CT molecular complexity index is 718.